The van der Waals surface area contributed by atoms with Gasteiger partial charge in [0.2, 0.25) is 5.79 Å². The van der Waals surface area contributed by atoms with Crippen molar-refractivity contribution in [3.8, 4) is 0 Å². The van der Waals surface area contributed by atoms with Crippen molar-refractivity contribution in [2.75, 3.05) is 14.2 Å². The molecule has 0 fully saturated rings. The van der Waals surface area contributed by atoms with Gasteiger partial charge in [0, 0.05) is 19.8 Å². The fourth-order valence-electron chi connectivity index (χ4n) is 1.84. The Morgan fingerprint density at radius 2 is 1.64 bits per heavy atom. The molecule has 0 heterocycles. The molecule has 0 atom stereocenters. The largest absolute Gasteiger partial charge is 0.346 e. The first-order valence-electron chi connectivity index (χ1n) is 4.51. The topological polar surface area (TPSA) is 35.5 Å². The van der Waals surface area contributed by atoms with E-state index in [0.717, 1.165) is 11.1 Å². The summed E-state index contributed by atoms with van der Waals surface area (Å²) in [6, 6.07) is 0. The van der Waals surface area contributed by atoms with E-state index in [4.69, 9.17) is 9.47 Å². The molecule has 1 rings (SSSR count). The van der Waals surface area contributed by atoms with Crippen molar-refractivity contribution in [2.45, 2.75) is 26.6 Å². The Bertz CT molecular complexity index is 319. The van der Waals surface area contributed by atoms with Crippen LogP contribution in [0.4, 0.5) is 0 Å². The molecule has 0 aliphatic heterocycles. The van der Waals surface area contributed by atoms with Crippen LogP contribution >= 0.6 is 0 Å². The van der Waals surface area contributed by atoms with E-state index in [9.17, 15) is 4.79 Å². The lowest BCUT2D eigenvalue weighted by Crippen LogP contribution is -2.40. The fraction of sp³-hybridized carbons (Fsp3) is 0.545. The highest BCUT2D eigenvalue weighted by atomic mass is 16.7. The molecular weight excluding hydrogens is 180 g/mol. The molecule has 0 radical (unpaired) electrons. The lowest BCUT2D eigenvalue weighted by Gasteiger charge is -2.36. The number of ketones is 1. The third kappa shape index (κ3) is 1.33. The number of hydrogen-bond acceptors (Lipinski definition) is 3. The van der Waals surface area contributed by atoms with Gasteiger partial charge in [-0.15, -0.1) is 0 Å². The van der Waals surface area contributed by atoms with Crippen LogP contribution in [0.2, 0.25) is 0 Å². The van der Waals surface area contributed by atoms with Crippen molar-refractivity contribution < 1.29 is 14.3 Å². The first-order valence-corrected chi connectivity index (χ1v) is 4.51. The molecule has 1 aliphatic rings. The summed E-state index contributed by atoms with van der Waals surface area (Å²) in [6.45, 7) is 5.48. The van der Waals surface area contributed by atoms with Gasteiger partial charge in [0.25, 0.3) is 0 Å². The van der Waals surface area contributed by atoms with Crippen LogP contribution in [0.1, 0.15) is 20.8 Å². The Hall–Kier alpha value is -0.930. The molecule has 0 saturated heterocycles. The zero-order valence-corrected chi connectivity index (χ0v) is 9.30. The van der Waals surface area contributed by atoms with Gasteiger partial charge < -0.3 is 9.47 Å². The maximum atomic E-state index is 11.5. The Labute approximate surface area is 84.4 Å². The molecule has 0 spiro atoms. The highest BCUT2D eigenvalue weighted by Gasteiger charge is 2.39. The molecule has 0 bridgehead atoms. The summed E-state index contributed by atoms with van der Waals surface area (Å²) in [6.07, 6.45) is 1.56. The molecule has 0 N–H and O–H groups in total. The number of ether oxygens (including phenoxy) is 2. The lowest BCUT2D eigenvalue weighted by atomic mass is 9.87. The Balaban J connectivity index is 3.31. The van der Waals surface area contributed by atoms with Crippen molar-refractivity contribution in [3.05, 3.63) is 22.8 Å². The molecule has 78 valence electrons. The molecule has 3 heteroatoms. The summed E-state index contributed by atoms with van der Waals surface area (Å²) in [5.74, 6) is -0.817. The first kappa shape index (κ1) is 11.1. The van der Waals surface area contributed by atoms with Gasteiger partial charge in [0.1, 0.15) is 0 Å². The van der Waals surface area contributed by atoms with E-state index < -0.39 is 5.79 Å². The summed E-state index contributed by atoms with van der Waals surface area (Å²) in [5.41, 5.74) is 2.31. The van der Waals surface area contributed by atoms with Crippen molar-refractivity contribution >= 4 is 5.78 Å². The second kappa shape index (κ2) is 3.67. The smallest absolute Gasteiger partial charge is 0.214 e. The number of hydrogen-bond donors (Lipinski definition) is 0. The standard InChI is InChI=1S/C11H16O3/c1-7-6-10(12)8(2)9(3)11(7,13-4)14-5/h6H,1-5H3. The minimum absolute atomic E-state index is 0.0322. The SMILES string of the molecule is COC1(OC)C(C)=CC(=O)C(C)=C1C. The zero-order chi connectivity index (χ0) is 10.9. The summed E-state index contributed by atoms with van der Waals surface area (Å²) in [4.78, 5) is 11.5. The summed E-state index contributed by atoms with van der Waals surface area (Å²) >= 11 is 0. The van der Waals surface area contributed by atoms with Crippen LogP contribution in [0.3, 0.4) is 0 Å². The van der Waals surface area contributed by atoms with Crippen LogP contribution in [0, 0.1) is 0 Å². The quantitative estimate of drug-likeness (QED) is 0.632. The van der Waals surface area contributed by atoms with E-state index in [1.165, 1.54) is 0 Å². The first-order chi connectivity index (χ1) is 6.49. The Morgan fingerprint density at radius 1 is 1.14 bits per heavy atom. The summed E-state index contributed by atoms with van der Waals surface area (Å²) < 4.78 is 10.7. The van der Waals surface area contributed by atoms with E-state index in [1.54, 1.807) is 27.2 Å². The highest BCUT2D eigenvalue weighted by molar-refractivity contribution is 6.06. The number of methoxy groups -OCH3 is 2. The monoisotopic (exact) mass is 196 g/mol. The molecule has 0 amide bonds. The highest BCUT2D eigenvalue weighted by Crippen LogP contribution is 2.35. The summed E-state index contributed by atoms with van der Waals surface area (Å²) in [7, 11) is 3.15. The Kier molecular flexibility index (Phi) is 2.92. The molecule has 3 nitrogen and oxygen atoms in total. The van der Waals surface area contributed by atoms with Gasteiger partial charge in [-0.2, -0.15) is 0 Å². The van der Waals surface area contributed by atoms with Gasteiger partial charge in [0.15, 0.2) is 5.78 Å². The minimum atomic E-state index is -0.849. The van der Waals surface area contributed by atoms with Crippen LogP contribution in [0.25, 0.3) is 0 Å². The molecular formula is C11H16O3. The molecule has 0 unspecified atom stereocenters. The lowest BCUT2D eigenvalue weighted by molar-refractivity contribution is -0.153. The number of carbonyl (C=O) groups is 1. The molecule has 0 aromatic carbocycles. The minimum Gasteiger partial charge on any atom is -0.346 e. The summed E-state index contributed by atoms with van der Waals surface area (Å²) in [5, 5.41) is 0. The van der Waals surface area contributed by atoms with Crippen molar-refractivity contribution in [2.24, 2.45) is 0 Å². The molecule has 0 saturated carbocycles. The fourth-order valence-corrected chi connectivity index (χ4v) is 1.84. The van der Waals surface area contributed by atoms with Crippen molar-refractivity contribution in [1.82, 2.24) is 0 Å². The molecule has 1 aliphatic carbocycles. The van der Waals surface area contributed by atoms with E-state index in [0.29, 0.717) is 5.57 Å². The number of allylic oxidation sites excluding steroid dienone is 2. The second-order valence-electron chi connectivity index (χ2n) is 3.47. The van der Waals surface area contributed by atoms with Gasteiger partial charge >= 0.3 is 0 Å². The van der Waals surface area contributed by atoms with Crippen molar-refractivity contribution in [3.63, 3.8) is 0 Å². The Morgan fingerprint density at radius 3 is 2.07 bits per heavy atom. The van der Waals surface area contributed by atoms with Gasteiger partial charge in [-0.3, -0.25) is 4.79 Å². The van der Waals surface area contributed by atoms with Crippen LogP contribution in [0.5, 0.6) is 0 Å². The second-order valence-corrected chi connectivity index (χ2v) is 3.47. The van der Waals surface area contributed by atoms with Gasteiger partial charge in [-0.05, 0) is 38.0 Å². The van der Waals surface area contributed by atoms with E-state index >= 15 is 0 Å². The van der Waals surface area contributed by atoms with E-state index in [2.05, 4.69) is 0 Å². The predicted octanol–water partition coefficient (Wildman–Crippen LogP) is 1.84. The zero-order valence-electron chi connectivity index (χ0n) is 9.30. The van der Waals surface area contributed by atoms with Crippen LogP contribution < -0.4 is 0 Å². The average Bonchev–Trinajstić information content (AvgIpc) is 2.17. The number of carbonyl (C=O) groups excluding carboxylic acids is 1. The maximum Gasteiger partial charge on any atom is 0.214 e. The number of rotatable bonds is 2. The maximum absolute atomic E-state index is 11.5. The third-order valence-corrected chi connectivity index (χ3v) is 2.87. The predicted molar refractivity (Wildman–Crippen MR) is 53.9 cm³/mol. The molecule has 0 aromatic heterocycles. The van der Waals surface area contributed by atoms with Crippen LogP contribution in [-0.2, 0) is 14.3 Å². The van der Waals surface area contributed by atoms with Crippen LogP contribution in [0.15, 0.2) is 22.8 Å². The van der Waals surface area contributed by atoms with Crippen LogP contribution in [-0.4, -0.2) is 25.8 Å². The molecule has 14 heavy (non-hydrogen) atoms. The molecule has 0 aromatic rings. The third-order valence-electron chi connectivity index (χ3n) is 2.87. The van der Waals surface area contributed by atoms with E-state index in [1.807, 2.05) is 13.8 Å². The van der Waals surface area contributed by atoms with Gasteiger partial charge in [0.05, 0.1) is 0 Å². The van der Waals surface area contributed by atoms with Gasteiger partial charge in [-0.25, -0.2) is 0 Å². The van der Waals surface area contributed by atoms with Crippen molar-refractivity contribution in [1.29, 1.82) is 0 Å². The van der Waals surface area contributed by atoms with Gasteiger partial charge in [-0.1, -0.05) is 0 Å². The average molecular weight is 196 g/mol. The normalized spacial score (nSPS) is 21.2. The van der Waals surface area contributed by atoms with E-state index in [-0.39, 0.29) is 5.78 Å².